The second kappa shape index (κ2) is 7.61. The zero-order valence-electron chi connectivity index (χ0n) is 15.4. The normalized spacial score (nSPS) is 14.1. The summed E-state index contributed by atoms with van der Waals surface area (Å²) in [6, 6.07) is 14.1. The van der Waals surface area contributed by atoms with Crippen LogP contribution >= 0.6 is 0 Å². The van der Waals surface area contributed by atoms with Crippen LogP contribution in [0.5, 0.6) is 5.75 Å². The summed E-state index contributed by atoms with van der Waals surface area (Å²) in [5.74, 6) is 0.0503. The van der Waals surface area contributed by atoms with Crippen LogP contribution in [0.3, 0.4) is 0 Å². The smallest absolute Gasteiger partial charge is 0.240 e. The van der Waals surface area contributed by atoms with Gasteiger partial charge in [-0.25, -0.2) is 0 Å². The van der Waals surface area contributed by atoms with Gasteiger partial charge in [0.2, 0.25) is 11.8 Å². The van der Waals surface area contributed by atoms with Gasteiger partial charge in [0.15, 0.2) is 5.78 Å². The molecule has 2 N–H and O–H groups in total. The number of benzene rings is 2. The predicted octanol–water partition coefficient (Wildman–Crippen LogP) is 2.93. The van der Waals surface area contributed by atoms with Crippen LogP contribution in [0.15, 0.2) is 48.5 Å². The number of methoxy groups -OCH3 is 1. The summed E-state index contributed by atoms with van der Waals surface area (Å²) < 4.78 is 5.11. The molecule has 0 spiro atoms. The summed E-state index contributed by atoms with van der Waals surface area (Å²) in [6.45, 7) is 1.81. The summed E-state index contributed by atoms with van der Waals surface area (Å²) in [7, 11) is 1.60. The van der Waals surface area contributed by atoms with Crippen molar-refractivity contribution in [2.24, 2.45) is 5.41 Å². The molecule has 140 valence electrons. The summed E-state index contributed by atoms with van der Waals surface area (Å²) >= 11 is 0. The number of carbonyl (C=O) groups excluding carboxylic acids is 3. The van der Waals surface area contributed by atoms with Crippen LogP contribution in [0.25, 0.3) is 0 Å². The molecule has 6 heteroatoms. The van der Waals surface area contributed by atoms with Gasteiger partial charge in [-0.2, -0.15) is 0 Å². The Labute approximate surface area is 157 Å². The molecule has 2 amide bonds. The third-order valence-electron chi connectivity index (χ3n) is 4.76. The molecule has 0 bridgehead atoms. The minimum absolute atomic E-state index is 0.0792. The molecule has 0 aromatic heterocycles. The lowest BCUT2D eigenvalue weighted by molar-refractivity contribution is -0.134. The molecule has 1 aliphatic rings. The number of amides is 2. The standard InChI is InChI=1S/C21H22N2O4/c1-14(24)16-4-3-5-17(12-16)23-20(26)21(10-11-21)19(25)22-13-15-6-8-18(27-2)9-7-15/h3-9,12H,10-11,13H2,1-2H3,(H,22,25)(H,23,26). The first kappa shape index (κ1) is 18.6. The van der Waals surface area contributed by atoms with Crippen molar-refractivity contribution in [3.8, 4) is 5.75 Å². The van der Waals surface area contributed by atoms with Crippen molar-refractivity contribution in [1.82, 2.24) is 5.32 Å². The van der Waals surface area contributed by atoms with E-state index in [1.807, 2.05) is 24.3 Å². The van der Waals surface area contributed by atoms with Gasteiger partial charge in [-0.15, -0.1) is 0 Å². The van der Waals surface area contributed by atoms with Crippen molar-refractivity contribution in [1.29, 1.82) is 0 Å². The zero-order valence-corrected chi connectivity index (χ0v) is 15.4. The fourth-order valence-corrected chi connectivity index (χ4v) is 2.84. The van der Waals surface area contributed by atoms with Crippen LogP contribution in [0, 0.1) is 5.41 Å². The lowest BCUT2D eigenvalue weighted by Crippen LogP contribution is -2.39. The summed E-state index contributed by atoms with van der Waals surface area (Å²) in [4.78, 5) is 36.7. The topological polar surface area (TPSA) is 84.5 Å². The summed E-state index contributed by atoms with van der Waals surface area (Å²) in [5.41, 5.74) is 0.927. The third-order valence-corrected chi connectivity index (χ3v) is 4.76. The van der Waals surface area contributed by atoms with E-state index in [1.54, 1.807) is 31.4 Å². The maximum atomic E-state index is 12.6. The van der Waals surface area contributed by atoms with Crippen LogP contribution in [0.2, 0.25) is 0 Å². The second-order valence-electron chi connectivity index (χ2n) is 6.70. The minimum atomic E-state index is -1.03. The van der Waals surface area contributed by atoms with Gasteiger partial charge in [-0.05, 0) is 49.6 Å². The SMILES string of the molecule is COc1ccc(CNC(=O)C2(C(=O)Nc3cccc(C(C)=O)c3)CC2)cc1. The molecule has 0 heterocycles. The fourth-order valence-electron chi connectivity index (χ4n) is 2.84. The molecule has 1 fully saturated rings. The summed E-state index contributed by atoms with van der Waals surface area (Å²) in [5, 5.41) is 5.61. The Morgan fingerprint density at radius 1 is 1.04 bits per heavy atom. The van der Waals surface area contributed by atoms with Gasteiger partial charge in [0.05, 0.1) is 7.11 Å². The molecular weight excluding hydrogens is 344 g/mol. The molecular formula is C21H22N2O4. The summed E-state index contributed by atoms with van der Waals surface area (Å²) in [6.07, 6.45) is 1.03. The molecule has 1 saturated carbocycles. The molecule has 27 heavy (non-hydrogen) atoms. The van der Waals surface area contributed by atoms with Crippen LogP contribution < -0.4 is 15.4 Å². The predicted molar refractivity (Wildman–Crippen MR) is 102 cm³/mol. The van der Waals surface area contributed by atoms with Crippen LogP contribution in [-0.4, -0.2) is 24.7 Å². The number of ether oxygens (including phenoxy) is 1. The first-order valence-electron chi connectivity index (χ1n) is 8.78. The lowest BCUT2D eigenvalue weighted by atomic mass is 10.0. The van der Waals surface area contributed by atoms with Crippen molar-refractivity contribution in [2.75, 3.05) is 12.4 Å². The van der Waals surface area contributed by atoms with Crippen molar-refractivity contribution < 1.29 is 19.1 Å². The number of anilines is 1. The van der Waals surface area contributed by atoms with E-state index in [9.17, 15) is 14.4 Å². The van der Waals surface area contributed by atoms with Gasteiger partial charge >= 0.3 is 0 Å². The first-order valence-corrected chi connectivity index (χ1v) is 8.78. The first-order chi connectivity index (χ1) is 12.9. The van der Waals surface area contributed by atoms with Crippen LogP contribution in [0.4, 0.5) is 5.69 Å². The highest BCUT2D eigenvalue weighted by Gasteiger charge is 2.56. The highest BCUT2D eigenvalue weighted by Crippen LogP contribution is 2.47. The van der Waals surface area contributed by atoms with E-state index in [1.165, 1.54) is 6.92 Å². The Kier molecular flexibility index (Phi) is 5.26. The monoisotopic (exact) mass is 366 g/mol. The number of Topliss-reactive ketones (excluding diaryl/α,β-unsaturated/α-hetero) is 1. The number of carbonyl (C=O) groups is 3. The zero-order chi connectivity index (χ0) is 19.4. The Morgan fingerprint density at radius 3 is 2.33 bits per heavy atom. The van der Waals surface area contributed by atoms with E-state index < -0.39 is 5.41 Å². The van der Waals surface area contributed by atoms with Crippen molar-refractivity contribution in [3.05, 3.63) is 59.7 Å². The van der Waals surface area contributed by atoms with Gasteiger partial charge in [0.25, 0.3) is 0 Å². The average molecular weight is 366 g/mol. The minimum Gasteiger partial charge on any atom is -0.497 e. The Balaban J connectivity index is 1.61. The van der Waals surface area contributed by atoms with Crippen LogP contribution in [0.1, 0.15) is 35.7 Å². The lowest BCUT2D eigenvalue weighted by Gasteiger charge is -2.16. The van der Waals surface area contributed by atoms with E-state index in [2.05, 4.69) is 10.6 Å². The molecule has 2 aromatic rings. The highest BCUT2D eigenvalue weighted by molar-refractivity contribution is 6.13. The van der Waals surface area contributed by atoms with Crippen LogP contribution in [-0.2, 0) is 16.1 Å². The molecule has 0 radical (unpaired) electrons. The number of ketones is 1. The van der Waals surface area contributed by atoms with Gasteiger partial charge < -0.3 is 15.4 Å². The van der Waals surface area contributed by atoms with Crippen molar-refractivity contribution in [3.63, 3.8) is 0 Å². The molecule has 2 aromatic carbocycles. The highest BCUT2D eigenvalue weighted by atomic mass is 16.5. The molecule has 0 aliphatic heterocycles. The molecule has 0 unspecified atom stereocenters. The van der Waals surface area contributed by atoms with E-state index in [0.29, 0.717) is 30.6 Å². The number of hydrogen-bond acceptors (Lipinski definition) is 4. The second-order valence-corrected chi connectivity index (χ2v) is 6.70. The molecule has 1 aliphatic carbocycles. The number of nitrogens with one attached hydrogen (secondary N) is 2. The molecule has 0 atom stereocenters. The Bertz CT molecular complexity index is 870. The average Bonchev–Trinajstić information content (AvgIpc) is 3.49. The Hall–Kier alpha value is -3.15. The van der Waals surface area contributed by atoms with Gasteiger partial charge in [0, 0.05) is 17.8 Å². The van der Waals surface area contributed by atoms with Gasteiger partial charge in [-0.3, -0.25) is 14.4 Å². The number of hydrogen-bond donors (Lipinski definition) is 2. The van der Waals surface area contributed by atoms with Crippen molar-refractivity contribution in [2.45, 2.75) is 26.3 Å². The largest absolute Gasteiger partial charge is 0.497 e. The quantitative estimate of drug-likeness (QED) is 0.583. The van der Waals surface area contributed by atoms with Crippen molar-refractivity contribution >= 4 is 23.3 Å². The van der Waals surface area contributed by atoms with E-state index in [4.69, 9.17) is 4.74 Å². The van der Waals surface area contributed by atoms with Gasteiger partial charge in [-0.1, -0.05) is 24.3 Å². The van der Waals surface area contributed by atoms with Gasteiger partial charge in [0.1, 0.15) is 11.2 Å². The third kappa shape index (κ3) is 4.16. The maximum Gasteiger partial charge on any atom is 0.240 e. The number of rotatable bonds is 7. The van der Waals surface area contributed by atoms with E-state index in [0.717, 1.165) is 11.3 Å². The molecule has 0 saturated heterocycles. The molecule has 3 rings (SSSR count). The fraction of sp³-hybridized carbons (Fsp3) is 0.286. The molecule has 6 nitrogen and oxygen atoms in total. The maximum absolute atomic E-state index is 12.6. The van der Waals surface area contributed by atoms with E-state index >= 15 is 0 Å². The van der Waals surface area contributed by atoms with E-state index in [-0.39, 0.29) is 17.6 Å². The Morgan fingerprint density at radius 2 is 1.74 bits per heavy atom.